The van der Waals surface area contributed by atoms with E-state index >= 15 is 0 Å². The molecule has 1 aromatic carbocycles. The number of hydrogen-bond donors (Lipinski definition) is 1. The van der Waals surface area contributed by atoms with Crippen LogP contribution in [0.5, 0.6) is 0 Å². The predicted molar refractivity (Wildman–Crippen MR) is 68.9 cm³/mol. The first kappa shape index (κ1) is 12.0. The molecule has 0 bridgehead atoms. The number of rotatable bonds is 3. The highest BCUT2D eigenvalue weighted by Gasteiger charge is 2.00. The third-order valence-corrected chi connectivity index (χ3v) is 2.37. The van der Waals surface area contributed by atoms with Crippen molar-refractivity contribution < 1.29 is 9.90 Å². The van der Waals surface area contributed by atoms with Gasteiger partial charge >= 0.3 is 5.97 Å². The van der Waals surface area contributed by atoms with Gasteiger partial charge in [0.1, 0.15) is 0 Å². The Morgan fingerprint density at radius 2 is 2.00 bits per heavy atom. The van der Waals surface area contributed by atoms with Crippen molar-refractivity contribution in [3.63, 3.8) is 0 Å². The summed E-state index contributed by atoms with van der Waals surface area (Å²) in [4.78, 5) is 18.8. The average molecular weight is 240 g/mol. The molecule has 4 heteroatoms. The summed E-state index contributed by atoms with van der Waals surface area (Å²) in [5, 5.41) is 8.51. The Morgan fingerprint density at radius 3 is 2.61 bits per heavy atom. The van der Waals surface area contributed by atoms with Gasteiger partial charge in [-0.2, -0.15) is 0 Å². The van der Waals surface area contributed by atoms with Crippen LogP contribution < -0.4 is 0 Å². The van der Waals surface area contributed by atoms with Gasteiger partial charge in [0.25, 0.3) is 0 Å². The van der Waals surface area contributed by atoms with Crippen LogP contribution in [0.25, 0.3) is 17.5 Å². The number of aromatic nitrogens is 2. The van der Waals surface area contributed by atoms with Crippen LogP contribution in [0, 0.1) is 6.92 Å². The average Bonchev–Trinajstić information content (AvgIpc) is 2.37. The van der Waals surface area contributed by atoms with E-state index in [-0.39, 0.29) is 0 Å². The normalized spacial score (nSPS) is 10.7. The summed E-state index contributed by atoms with van der Waals surface area (Å²) in [7, 11) is 0. The Morgan fingerprint density at radius 1 is 1.28 bits per heavy atom. The standard InChI is InChI=1S/C14H12N2O2/c1-10-3-2-4-12(7-10)14-15-8-11(9-16-14)5-6-13(17)18/h2-9H,1H3,(H,17,18)/b6-5+. The van der Waals surface area contributed by atoms with E-state index in [1.165, 1.54) is 6.08 Å². The predicted octanol–water partition coefficient (Wildman–Crippen LogP) is 2.55. The lowest BCUT2D eigenvalue weighted by Gasteiger charge is -2.01. The van der Waals surface area contributed by atoms with Crippen molar-refractivity contribution in [1.29, 1.82) is 0 Å². The van der Waals surface area contributed by atoms with Gasteiger partial charge in [0, 0.05) is 29.6 Å². The minimum Gasteiger partial charge on any atom is -0.478 e. The maximum absolute atomic E-state index is 10.4. The largest absolute Gasteiger partial charge is 0.478 e. The Balaban J connectivity index is 2.25. The quantitative estimate of drug-likeness (QED) is 0.837. The van der Waals surface area contributed by atoms with E-state index < -0.39 is 5.97 Å². The van der Waals surface area contributed by atoms with Crippen molar-refractivity contribution in [1.82, 2.24) is 9.97 Å². The summed E-state index contributed by atoms with van der Waals surface area (Å²) in [6, 6.07) is 7.90. The van der Waals surface area contributed by atoms with E-state index in [2.05, 4.69) is 9.97 Å². The Bertz CT molecular complexity index is 589. The van der Waals surface area contributed by atoms with Crippen molar-refractivity contribution in [3.05, 3.63) is 53.9 Å². The van der Waals surface area contributed by atoms with Crippen molar-refractivity contribution in [2.45, 2.75) is 6.92 Å². The first-order chi connectivity index (χ1) is 8.65. The van der Waals surface area contributed by atoms with Crippen LogP contribution >= 0.6 is 0 Å². The Labute approximate surface area is 105 Å². The van der Waals surface area contributed by atoms with Crippen LogP contribution in [0.15, 0.2) is 42.7 Å². The fourth-order valence-corrected chi connectivity index (χ4v) is 1.52. The van der Waals surface area contributed by atoms with Crippen molar-refractivity contribution >= 4 is 12.0 Å². The van der Waals surface area contributed by atoms with Gasteiger partial charge < -0.3 is 5.11 Å². The molecule has 0 fully saturated rings. The fraction of sp³-hybridized carbons (Fsp3) is 0.0714. The molecule has 0 aliphatic carbocycles. The lowest BCUT2D eigenvalue weighted by atomic mass is 10.1. The van der Waals surface area contributed by atoms with Gasteiger partial charge in [-0.1, -0.05) is 23.8 Å². The van der Waals surface area contributed by atoms with E-state index in [0.29, 0.717) is 11.4 Å². The van der Waals surface area contributed by atoms with Gasteiger partial charge in [-0.3, -0.25) is 0 Å². The number of nitrogens with zero attached hydrogens (tertiary/aromatic N) is 2. The number of carboxylic acid groups (broad SMARTS) is 1. The maximum Gasteiger partial charge on any atom is 0.328 e. The van der Waals surface area contributed by atoms with E-state index in [9.17, 15) is 4.79 Å². The molecule has 2 aromatic rings. The Hall–Kier alpha value is -2.49. The van der Waals surface area contributed by atoms with Crippen LogP contribution in [0.3, 0.4) is 0 Å². The summed E-state index contributed by atoms with van der Waals surface area (Å²) in [5.41, 5.74) is 2.75. The first-order valence-corrected chi connectivity index (χ1v) is 5.45. The van der Waals surface area contributed by atoms with E-state index in [0.717, 1.165) is 17.2 Å². The minimum absolute atomic E-state index is 0.631. The Kier molecular flexibility index (Phi) is 3.48. The topological polar surface area (TPSA) is 63.1 Å². The summed E-state index contributed by atoms with van der Waals surface area (Å²) in [6.45, 7) is 2.01. The van der Waals surface area contributed by atoms with Crippen LogP contribution in [-0.2, 0) is 4.79 Å². The second-order valence-corrected chi connectivity index (χ2v) is 3.88. The monoisotopic (exact) mass is 240 g/mol. The SMILES string of the molecule is Cc1cccc(-c2ncc(/C=C/C(=O)O)cn2)c1. The van der Waals surface area contributed by atoms with Gasteiger partial charge in [0.15, 0.2) is 5.82 Å². The van der Waals surface area contributed by atoms with Gasteiger partial charge in [-0.25, -0.2) is 14.8 Å². The molecule has 0 unspecified atom stereocenters. The molecular formula is C14H12N2O2. The number of benzene rings is 1. The molecule has 0 atom stereocenters. The van der Waals surface area contributed by atoms with Crippen molar-refractivity contribution in [2.75, 3.05) is 0 Å². The summed E-state index contributed by atoms with van der Waals surface area (Å²) in [6.07, 6.45) is 5.72. The minimum atomic E-state index is -0.988. The highest BCUT2D eigenvalue weighted by atomic mass is 16.4. The van der Waals surface area contributed by atoms with Gasteiger partial charge in [0.05, 0.1) is 0 Å². The fourth-order valence-electron chi connectivity index (χ4n) is 1.52. The van der Waals surface area contributed by atoms with Crippen LogP contribution in [0.1, 0.15) is 11.1 Å². The van der Waals surface area contributed by atoms with Crippen LogP contribution in [0.2, 0.25) is 0 Å². The van der Waals surface area contributed by atoms with Crippen LogP contribution in [-0.4, -0.2) is 21.0 Å². The van der Waals surface area contributed by atoms with Gasteiger partial charge in [-0.05, 0) is 19.1 Å². The molecule has 0 aliphatic heterocycles. The molecule has 0 saturated heterocycles. The molecule has 0 aliphatic rings. The zero-order valence-electron chi connectivity index (χ0n) is 9.87. The number of carboxylic acids is 1. The molecule has 0 spiro atoms. The summed E-state index contributed by atoms with van der Waals surface area (Å²) < 4.78 is 0. The molecule has 0 saturated carbocycles. The number of aryl methyl sites for hydroxylation is 1. The second kappa shape index (κ2) is 5.23. The lowest BCUT2D eigenvalue weighted by molar-refractivity contribution is -0.131. The molecule has 1 N–H and O–H groups in total. The van der Waals surface area contributed by atoms with E-state index in [1.807, 2.05) is 31.2 Å². The number of hydrogen-bond acceptors (Lipinski definition) is 3. The highest BCUT2D eigenvalue weighted by molar-refractivity contribution is 5.85. The molecule has 18 heavy (non-hydrogen) atoms. The summed E-state index contributed by atoms with van der Waals surface area (Å²) >= 11 is 0. The molecule has 4 nitrogen and oxygen atoms in total. The molecule has 90 valence electrons. The van der Waals surface area contributed by atoms with Crippen molar-refractivity contribution in [3.8, 4) is 11.4 Å². The maximum atomic E-state index is 10.4. The van der Waals surface area contributed by atoms with Crippen LogP contribution in [0.4, 0.5) is 0 Å². The molecular weight excluding hydrogens is 228 g/mol. The highest BCUT2D eigenvalue weighted by Crippen LogP contribution is 2.15. The third kappa shape index (κ3) is 3.01. The van der Waals surface area contributed by atoms with Gasteiger partial charge in [-0.15, -0.1) is 0 Å². The zero-order chi connectivity index (χ0) is 13.0. The van der Waals surface area contributed by atoms with Gasteiger partial charge in [0.2, 0.25) is 0 Å². The molecule has 2 rings (SSSR count). The lowest BCUT2D eigenvalue weighted by Crippen LogP contribution is -1.90. The molecule has 1 heterocycles. The second-order valence-electron chi connectivity index (χ2n) is 3.88. The third-order valence-electron chi connectivity index (χ3n) is 2.37. The first-order valence-electron chi connectivity index (χ1n) is 5.45. The molecule has 0 radical (unpaired) electrons. The van der Waals surface area contributed by atoms with Crippen molar-refractivity contribution in [2.24, 2.45) is 0 Å². The van der Waals surface area contributed by atoms with E-state index in [4.69, 9.17) is 5.11 Å². The smallest absolute Gasteiger partial charge is 0.328 e. The summed E-state index contributed by atoms with van der Waals surface area (Å²) in [5.74, 6) is -0.357. The number of aliphatic carboxylic acids is 1. The van der Waals surface area contributed by atoms with E-state index in [1.54, 1.807) is 12.4 Å². The molecule has 0 amide bonds. The molecule has 1 aromatic heterocycles. The number of carbonyl (C=O) groups is 1. The zero-order valence-corrected chi connectivity index (χ0v) is 9.87.